The van der Waals surface area contributed by atoms with Crippen LogP contribution >= 0.6 is 11.3 Å². The van der Waals surface area contributed by atoms with Gasteiger partial charge in [-0.05, 0) is 91.6 Å². The van der Waals surface area contributed by atoms with Crippen LogP contribution < -0.4 is 11.1 Å². The molecule has 156 valence electrons. The van der Waals surface area contributed by atoms with Crippen molar-refractivity contribution >= 4 is 23.2 Å². The van der Waals surface area contributed by atoms with Gasteiger partial charge in [0.05, 0.1) is 5.56 Å². The first kappa shape index (κ1) is 19.3. The van der Waals surface area contributed by atoms with E-state index in [2.05, 4.69) is 30.6 Å². The highest BCUT2D eigenvalue weighted by Gasteiger charge is 2.60. The summed E-state index contributed by atoms with van der Waals surface area (Å²) in [4.78, 5) is 25.3. The van der Waals surface area contributed by atoms with Gasteiger partial charge in [-0.3, -0.25) is 9.59 Å². The van der Waals surface area contributed by atoms with E-state index >= 15 is 0 Å². The molecule has 29 heavy (non-hydrogen) atoms. The van der Waals surface area contributed by atoms with Gasteiger partial charge in [-0.15, -0.1) is 11.3 Å². The molecule has 5 rings (SSSR count). The molecule has 0 saturated heterocycles. The van der Waals surface area contributed by atoms with Crippen LogP contribution in [0.25, 0.3) is 0 Å². The van der Waals surface area contributed by atoms with Crippen LogP contribution in [0.4, 0.5) is 0 Å². The Bertz CT molecular complexity index is 905. The Labute approximate surface area is 177 Å². The molecule has 3 aliphatic carbocycles. The molecule has 0 spiro atoms. The van der Waals surface area contributed by atoms with Crippen molar-refractivity contribution in [2.75, 3.05) is 0 Å². The first-order valence-electron chi connectivity index (χ1n) is 11.1. The van der Waals surface area contributed by atoms with Gasteiger partial charge in [0.15, 0.2) is 0 Å². The fourth-order valence-corrected chi connectivity index (χ4v) is 9.15. The van der Waals surface area contributed by atoms with Crippen molar-refractivity contribution in [3.8, 4) is 0 Å². The molecule has 1 aliphatic heterocycles. The SMILES string of the molecule is Cc1csc(C2CC[C@H]3[C@@H]4CCC5NC(=O)C=C[C@]5(C)[C@@H]4CC[C@]23C)c1C(N)=O. The third-order valence-electron chi connectivity index (χ3n) is 9.25. The predicted molar refractivity (Wildman–Crippen MR) is 116 cm³/mol. The molecule has 3 fully saturated rings. The van der Waals surface area contributed by atoms with Gasteiger partial charge in [-0.1, -0.05) is 19.9 Å². The van der Waals surface area contributed by atoms with Crippen LogP contribution in [0.5, 0.6) is 0 Å². The van der Waals surface area contributed by atoms with Gasteiger partial charge in [0, 0.05) is 16.3 Å². The molecule has 3 saturated carbocycles. The van der Waals surface area contributed by atoms with E-state index in [9.17, 15) is 9.59 Å². The van der Waals surface area contributed by atoms with E-state index in [4.69, 9.17) is 5.73 Å². The van der Waals surface area contributed by atoms with E-state index in [-0.39, 0.29) is 28.7 Å². The van der Waals surface area contributed by atoms with Crippen molar-refractivity contribution < 1.29 is 9.59 Å². The molecule has 2 amide bonds. The molecule has 0 bridgehead atoms. The Hall–Kier alpha value is -1.62. The lowest BCUT2D eigenvalue weighted by Crippen LogP contribution is -2.59. The van der Waals surface area contributed by atoms with Gasteiger partial charge in [0.2, 0.25) is 11.8 Å². The van der Waals surface area contributed by atoms with Gasteiger partial charge in [0.25, 0.3) is 0 Å². The van der Waals surface area contributed by atoms with Gasteiger partial charge in [-0.2, -0.15) is 0 Å². The number of aryl methyl sites for hydroxylation is 1. The highest BCUT2D eigenvalue weighted by Crippen LogP contribution is 2.67. The molecule has 7 atom stereocenters. The molecule has 0 radical (unpaired) electrons. The molecule has 4 nitrogen and oxygen atoms in total. The standard InChI is InChI=1S/C24H32N2O2S/c1-13-12-29-21(20(13)22(25)28)17-6-5-15-14-4-7-18-24(3,11-9-19(27)26-18)16(14)8-10-23(15,17)2/h9,11-12,14-18H,4-8,10H2,1-3H3,(H2,25,28)(H,26,27)/t14-,15-,16+,17?,18?,23-,24+/m0/s1. The zero-order valence-corrected chi connectivity index (χ0v) is 18.5. The highest BCUT2D eigenvalue weighted by molar-refractivity contribution is 7.10. The molecule has 5 heteroatoms. The summed E-state index contributed by atoms with van der Waals surface area (Å²) in [6.07, 6.45) is 11.1. The van der Waals surface area contributed by atoms with Gasteiger partial charge in [-0.25, -0.2) is 0 Å². The first-order chi connectivity index (χ1) is 13.8. The van der Waals surface area contributed by atoms with Crippen molar-refractivity contribution in [1.82, 2.24) is 5.32 Å². The van der Waals surface area contributed by atoms with E-state index in [0.717, 1.165) is 24.0 Å². The number of fused-ring (bicyclic) bond motifs is 5. The number of primary amides is 1. The van der Waals surface area contributed by atoms with Gasteiger partial charge in [0.1, 0.15) is 0 Å². The predicted octanol–water partition coefficient (Wildman–Crippen LogP) is 4.54. The minimum Gasteiger partial charge on any atom is -0.366 e. The summed E-state index contributed by atoms with van der Waals surface area (Å²) in [5.74, 6) is 2.28. The van der Waals surface area contributed by atoms with E-state index in [1.165, 1.54) is 30.6 Å². The fraction of sp³-hybridized carbons (Fsp3) is 0.667. The second-order valence-corrected chi connectivity index (χ2v) is 11.3. The number of thiophene rings is 1. The normalized spacial score (nSPS) is 43.3. The minimum atomic E-state index is -0.268. The van der Waals surface area contributed by atoms with Crippen LogP contribution in [0.2, 0.25) is 0 Å². The van der Waals surface area contributed by atoms with E-state index in [1.807, 2.05) is 6.92 Å². The Morgan fingerprint density at radius 3 is 2.72 bits per heavy atom. The van der Waals surface area contributed by atoms with Crippen molar-refractivity contribution in [3.63, 3.8) is 0 Å². The topological polar surface area (TPSA) is 72.2 Å². The zero-order valence-electron chi connectivity index (χ0n) is 17.7. The molecule has 0 aromatic carbocycles. The lowest BCUT2D eigenvalue weighted by atomic mass is 9.48. The maximum atomic E-state index is 12.2. The third-order valence-corrected chi connectivity index (χ3v) is 10.5. The minimum absolute atomic E-state index is 0.0690. The number of nitrogens with two attached hydrogens (primary N) is 1. The molecule has 1 aromatic heterocycles. The van der Waals surface area contributed by atoms with Gasteiger partial charge >= 0.3 is 0 Å². The lowest BCUT2D eigenvalue weighted by molar-refractivity contribution is -0.122. The van der Waals surface area contributed by atoms with Crippen LogP contribution in [0.15, 0.2) is 17.5 Å². The Kier molecular flexibility index (Phi) is 4.29. The number of hydrogen-bond acceptors (Lipinski definition) is 3. The summed E-state index contributed by atoms with van der Waals surface area (Å²) in [6, 6.07) is 0.282. The summed E-state index contributed by atoms with van der Waals surface area (Å²) >= 11 is 1.74. The number of nitrogens with one attached hydrogen (secondary N) is 1. The second kappa shape index (κ2) is 6.44. The molecule has 2 heterocycles. The zero-order chi connectivity index (χ0) is 20.6. The van der Waals surface area contributed by atoms with Crippen LogP contribution in [-0.2, 0) is 4.79 Å². The van der Waals surface area contributed by atoms with E-state index in [1.54, 1.807) is 17.4 Å². The summed E-state index contributed by atoms with van der Waals surface area (Å²) < 4.78 is 0. The monoisotopic (exact) mass is 412 g/mol. The highest BCUT2D eigenvalue weighted by atomic mass is 32.1. The molecule has 3 N–H and O–H groups in total. The van der Waals surface area contributed by atoms with Crippen molar-refractivity contribution in [2.45, 2.75) is 71.3 Å². The van der Waals surface area contributed by atoms with Crippen LogP contribution in [-0.4, -0.2) is 17.9 Å². The lowest BCUT2D eigenvalue weighted by Gasteiger charge is -2.58. The summed E-state index contributed by atoms with van der Waals surface area (Å²) in [7, 11) is 0. The average molecular weight is 413 g/mol. The first-order valence-corrected chi connectivity index (χ1v) is 12.0. The van der Waals surface area contributed by atoms with Gasteiger partial charge < -0.3 is 11.1 Å². The second-order valence-electron chi connectivity index (χ2n) is 10.4. The third kappa shape index (κ3) is 2.62. The van der Waals surface area contributed by atoms with Crippen LogP contribution in [0, 0.1) is 35.5 Å². The van der Waals surface area contributed by atoms with Crippen LogP contribution in [0.3, 0.4) is 0 Å². The number of amides is 2. The largest absolute Gasteiger partial charge is 0.366 e. The number of hydrogen-bond donors (Lipinski definition) is 2. The van der Waals surface area contributed by atoms with Crippen molar-refractivity contribution in [1.29, 1.82) is 0 Å². The Morgan fingerprint density at radius 2 is 1.97 bits per heavy atom. The molecule has 1 aromatic rings. The van der Waals surface area contributed by atoms with Crippen LogP contribution in [0.1, 0.15) is 79.1 Å². The quantitative estimate of drug-likeness (QED) is 0.749. The van der Waals surface area contributed by atoms with E-state index < -0.39 is 0 Å². The molecule has 4 aliphatic rings. The maximum absolute atomic E-state index is 12.2. The molecular weight excluding hydrogens is 380 g/mol. The smallest absolute Gasteiger partial charge is 0.250 e. The Morgan fingerprint density at radius 1 is 1.17 bits per heavy atom. The number of carbonyl (C=O) groups excluding carboxylic acids is 2. The maximum Gasteiger partial charge on any atom is 0.250 e. The Balaban J connectivity index is 1.48. The molecule has 2 unspecified atom stereocenters. The van der Waals surface area contributed by atoms with Crippen molar-refractivity contribution in [2.24, 2.45) is 34.3 Å². The average Bonchev–Trinajstić information content (AvgIpc) is 3.21. The van der Waals surface area contributed by atoms with Crippen molar-refractivity contribution in [3.05, 3.63) is 33.5 Å². The summed E-state index contributed by atoms with van der Waals surface area (Å²) in [5.41, 5.74) is 7.92. The summed E-state index contributed by atoms with van der Waals surface area (Å²) in [5, 5.41) is 5.35. The molecular formula is C24H32N2O2S. The summed E-state index contributed by atoms with van der Waals surface area (Å²) in [6.45, 7) is 6.86. The number of rotatable bonds is 2. The fourth-order valence-electron chi connectivity index (χ4n) is 7.80. The van der Waals surface area contributed by atoms with E-state index in [0.29, 0.717) is 23.7 Å². The number of carbonyl (C=O) groups is 2.